The van der Waals surface area contributed by atoms with Crippen molar-refractivity contribution in [2.45, 2.75) is 19.9 Å². The van der Waals surface area contributed by atoms with Gasteiger partial charge in [-0.25, -0.2) is 9.48 Å². The van der Waals surface area contributed by atoms with E-state index in [1.807, 2.05) is 44.2 Å². The van der Waals surface area contributed by atoms with Crippen molar-refractivity contribution in [1.82, 2.24) is 20.3 Å². The van der Waals surface area contributed by atoms with Crippen molar-refractivity contribution in [2.75, 3.05) is 7.11 Å². The molecule has 1 atom stereocenters. The number of benzene rings is 1. The number of amides is 1. The van der Waals surface area contributed by atoms with Gasteiger partial charge in [0.2, 0.25) is 0 Å². The highest BCUT2D eigenvalue weighted by molar-refractivity contribution is 5.95. The summed E-state index contributed by atoms with van der Waals surface area (Å²) in [6.45, 7) is 3.64. The van der Waals surface area contributed by atoms with E-state index >= 15 is 0 Å². The zero-order valence-electron chi connectivity index (χ0n) is 12.7. The number of nitrogens with one attached hydrogen (secondary N) is 1. The first-order valence-electron chi connectivity index (χ1n) is 6.89. The normalized spacial score (nSPS) is 12.0. The first-order valence-corrected chi connectivity index (χ1v) is 6.89. The van der Waals surface area contributed by atoms with Gasteiger partial charge >= 0.3 is 5.97 Å². The molecule has 1 N–H and O–H groups in total. The molecule has 0 spiro atoms. The van der Waals surface area contributed by atoms with Gasteiger partial charge in [-0.1, -0.05) is 37.3 Å². The van der Waals surface area contributed by atoms with Crippen molar-refractivity contribution in [3.05, 3.63) is 42.2 Å². The molecule has 0 aliphatic heterocycles. The fourth-order valence-electron chi connectivity index (χ4n) is 1.91. The van der Waals surface area contributed by atoms with Gasteiger partial charge in [0.25, 0.3) is 5.91 Å². The summed E-state index contributed by atoms with van der Waals surface area (Å²) in [4.78, 5) is 23.9. The molecule has 22 heavy (non-hydrogen) atoms. The fourth-order valence-corrected chi connectivity index (χ4v) is 1.91. The average Bonchev–Trinajstić information content (AvgIpc) is 3.02. The molecular formula is C15H18N4O3. The Morgan fingerprint density at radius 2 is 1.91 bits per heavy atom. The van der Waals surface area contributed by atoms with Crippen LogP contribution in [0.2, 0.25) is 0 Å². The maximum Gasteiger partial charge on any atom is 0.328 e. The quantitative estimate of drug-likeness (QED) is 0.839. The standard InChI is InChI=1S/C15H18N4O3/c1-10(2)13(15(21)22-3)16-14(20)12-9-19(18-17-12)11-7-5-4-6-8-11/h4-10,13H,1-3H3,(H,16,20)/t13-/m0/s1. The van der Waals surface area contributed by atoms with Crippen molar-refractivity contribution >= 4 is 11.9 Å². The van der Waals surface area contributed by atoms with E-state index < -0.39 is 17.9 Å². The molecule has 7 nitrogen and oxygen atoms in total. The Labute approximate surface area is 128 Å². The van der Waals surface area contributed by atoms with Crippen LogP contribution in [0.5, 0.6) is 0 Å². The van der Waals surface area contributed by atoms with Gasteiger partial charge in [-0.15, -0.1) is 5.10 Å². The predicted molar refractivity (Wildman–Crippen MR) is 79.5 cm³/mol. The molecule has 0 fully saturated rings. The van der Waals surface area contributed by atoms with Gasteiger partial charge in [0.1, 0.15) is 6.04 Å². The lowest BCUT2D eigenvalue weighted by Crippen LogP contribution is -2.45. The molecule has 0 saturated heterocycles. The van der Waals surface area contributed by atoms with Crippen molar-refractivity contribution in [3.63, 3.8) is 0 Å². The second-order valence-corrected chi connectivity index (χ2v) is 5.10. The summed E-state index contributed by atoms with van der Waals surface area (Å²) < 4.78 is 6.19. The molecule has 1 aromatic carbocycles. The first-order chi connectivity index (χ1) is 10.5. The van der Waals surface area contributed by atoms with Crippen molar-refractivity contribution in [1.29, 1.82) is 0 Å². The largest absolute Gasteiger partial charge is 0.467 e. The van der Waals surface area contributed by atoms with Gasteiger partial charge in [-0.05, 0) is 18.1 Å². The van der Waals surface area contributed by atoms with E-state index in [0.29, 0.717) is 0 Å². The number of para-hydroxylation sites is 1. The minimum Gasteiger partial charge on any atom is -0.467 e. The summed E-state index contributed by atoms with van der Waals surface area (Å²) in [5.74, 6) is -1.05. The third-order valence-electron chi connectivity index (χ3n) is 3.16. The van der Waals surface area contributed by atoms with Gasteiger partial charge in [0.15, 0.2) is 5.69 Å². The topological polar surface area (TPSA) is 86.1 Å². The summed E-state index contributed by atoms with van der Waals surface area (Å²) in [5.41, 5.74) is 0.931. The maximum absolute atomic E-state index is 12.2. The van der Waals surface area contributed by atoms with Crippen LogP contribution in [0.4, 0.5) is 0 Å². The minimum absolute atomic E-state index is 0.0967. The molecule has 0 unspecified atom stereocenters. The molecule has 0 radical (unpaired) electrons. The van der Waals surface area contributed by atoms with Crippen molar-refractivity contribution in [3.8, 4) is 5.69 Å². The monoisotopic (exact) mass is 302 g/mol. The Kier molecular flexibility index (Phi) is 4.88. The maximum atomic E-state index is 12.2. The molecule has 0 aliphatic carbocycles. The Morgan fingerprint density at radius 1 is 1.23 bits per heavy atom. The number of aromatic nitrogens is 3. The molecule has 1 heterocycles. The third kappa shape index (κ3) is 3.49. The Hall–Kier alpha value is -2.70. The minimum atomic E-state index is -0.723. The van der Waals surface area contributed by atoms with Crippen LogP contribution in [-0.2, 0) is 9.53 Å². The number of carbonyl (C=O) groups excluding carboxylic acids is 2. The molecule has 116 valence electrons. The number of hydrogen-bond donors (Lipinski definition) is 1. The van der Waals surface area contributed by atoms with Crippen LogP contribution in [0.15, 0.2) is 36.5 Å². The van der Waals surface area contributed by atoms with Crippen LogP contribution >= 0.6 is 0 Å². The number of rotatable bonds is 5. The molecule has 7 heteroatoms. The summed E-state index contributed by atoms with van der Waals surface area (Å²) in [7, 11) is 1.29. The van der Waals surface area contributed by atoms with Crippen LogP contribution in [0.1, 0.15) is 24.3 Å². The lowest BCUT2D eigenvalue weighted by Gasteiger charge is -2.18. The van der Waals surface area contributed by atoms with Crippen LogP contribution in [0, 0.1) is 5.92 Å². The van der Waals surface area contributed by atoms with Gasteiger partial charge in [-0.2, -0.15) is 0 Å². The zero-order chi connectivity index (χ0) is 16.1. The molecule has 2 aromatic rings. The Morgan fingerprint density at radius 3 is 2.50 bits per heavy atom. The highest BCUT2D eigenvalue weighted by Gasteiger charge is 2.26. The van der Waals surface area contributed by atoms with Crippen molar-refractivity contribution in [2.24, 2.45) is 5.92 Å². The van der Waals surface area contributed by atoms with Crippen LogP contribution in [0.3, 0.4) is 0 Å². The Balaban J connectivity index is 2.13. The SMILES string of the molecule is COC(=O)[C@@H](NC(=O)c1cn(-c2ccccc2)nn1)C(C)C. The second-order valence-electron chi connectivity index (χ2n) is 5.10. The zero-order valence-corrected chi connectivity index (χ0v) is 12.7. The number of nitrogens with zero attached hydrogens (tertiary/aromatic N) is 3. The predicted octanol–water partition coefficient (Wildman–Crippen LogP) is 1.19. The summed E-state index contributed by atoms with van der Waals surface area (Å²) >= 11 is 0. The Bertz CT molecular complexity index is 652. The van der Waals surface area contributed by atoms with Crippen molar-refractivity contribution < 1.29 is 14.3 Å². The van der Waals surface area contributed by atoms with Gasteiger partial charge in [0, 0.05) is 0 Å². The van der Waals surface area contributed by atoms with E-state index in [1.165, 1.54) is 18.0 Å². The van der Waals surface area contributed by atoms with E-state index in [9.17, 15) is 9.59 Å². The molecular weight excluding hydrogens is 284 g/mol. The van der Waals surface area contributed by atoms with Gasteiger partial charge in [0.05, 0.1) is 19.0 Å². The summed E-state index contributed by atoms with van der Waals surface area (Å²) in [5, 5.41) is 10.4. The van der Waals surface area contributed by atoms with Crippen LogP contribution < -0.4 is 5.32 Å². The highest BCUT2D eigenvalue weighted by atomic mass is 16.5. The van der Waals surface area contributed by atoms with E-state index in [4.69, 9.17) is 4.74 Å². The first kappa shape index (κ1) is 15.7. The molecule has 1 amide bonds. The van der Waals surface area contributed by atoms with Gasteiger partial charge in [-0.3, -0.25) is 4.79 Å². The van der Waals surface area contributed by atoms with Gasteiger partial charge < -0.3 is 10.1 Å². The van der Waals surface area contributed by atoms with Crippen LogP contribution in [-0.4, -0.2) is 40.0 Å². The number of carbonyl (C=O) groups is 2. The lowest BCUT2D eigenvalue weighted by atomic mass is 10.0. The number of methoxy groups -OCH3 is 1. The molecule has 0 bridgehead atoms. The van der Waals surface area contributed by atoms with E-state index in [-0.39, 0.29) is 11.6 Å². The summed E-state index contributed by atoms with van der Waals surface area (Å²) in [6.07, 6.45) is 1.51. The van der Waals surface area contributed by atoms with Crippen LogP contribution in [0.25, 0.3) is 5.69 Å². The number of esters is 1. The molecule has 0 saturated carbocycles. The molecule has 2 rings (SSSR count). The van der Waals surface area contributed by atoms with E-state index in [2.05, 4.69) is 15.6 Å². The van der Waals surface area contributed by atoms with E-state index in [1.54, 1.807) is 0 Å². The lowest BCUT2D eigenvalue weighted by molar-refractivity contribution is -0.144. The molecule has 1 aromatic heterocycles. The highest BCUT2D eigenvalue weighted by Crippen LogP contribution is 2.08. The summed E-state index contributed by atoms with van der Waals surface area (Å²) in [6, 6.07) is 8.59. The smallest absolute Gasteiger partial charge is 0.328 e. The number of ether oxygens (including phenoxy) is 1. The fraction of sp³-hybridized carbons (Fsp3) is 0.333. The number of hydrogen-bond acceptors (Lipinski definition) is 5. The average molecular weight is 302 g/mol. The van der Waals surface area contributed by atoms with E-state index in [0.717, 1.165) is 5.69 Å². The second kappa shape index (κ2) is 6.84. The molecule has 0 aliphatic rings. The third-order valence-corrected chi connectivity index (χ3v) is 3.16.